The van der Waals surface area contributed by atoms with Gasteiger partial charge in [0, 0.05) is 5.56 Å². The Morgan fingerprint density at radius 1 is 1.04 bits per heavy atom. The zero-order valence-corrected chi connectivity index (χ0v) is 14.3. The molecular weight excluding hydrogens is 363 g/mol. The Balaban J connectivity index is 2.40. The van der Waals surface area contributed by atoms with E-state index in [4.69, 9.17) is 9.47 Å². The van der Waals surface area contributed by atoms with E-state index in [1.165, 1.54) is 32.4 Å². The van der Waals surface area contributed by atoms with Crippen LogP contribution in [0, 0.1) is 11.3 Å². The third-order valence-electron chi connectivity index (χ3n) is 3.45. The lowest BCUT2D eigenvalue weighted by Gasteiger charge is -2.11. The number of ether oxygens (including phenoxy) is 3. The fraction of sp³-hybridized carbons (Fsp3) is 0.158. The van der Waals surface area contributed by atoms with E-state index in [2.05, 4.69) is 10.8 Å². The molecule has 27 heavy (non-hydrogen) atoms. The van der Waals surface area contributed by atoms with Crippen molar-refractivity contribution in [1.29, 1.82) is 5.26 Å². The zero-order valence-electron chi connectivity index (χ0n) is 14.3. The van der Waals surface area contributed by atoms with Crippen LogP contribution in [-0.4, -0.2) is 26.4 Å². The lowest BCUT2D eigenvalue weighted by atomic mass is 10.0. The van der Waals surface area contributed by atoms with Gasteiger partial charge in [0.25, 0.3) is 0 Å². The van der Waals surface area contributed by atoms with Gasteiger partial charge in [-0.2, -0.15) is 18.4 Å². The molecule has 0 aliphatic heterocycles. The molecule has 0 amide bonds. The molecule has 0 radical (unpaired) electrons. The summed E-state index contributed by atoms with van der Waals surface area (Å²) < 4.78 is 51.6. The number of carbonyl (C=O) groups excluding carboxylic acids is 1. The molecule has 0 heterocycles. The zero-order chi connectivity index (χ0) is 20.0. The lowest BCUT2D eigenvalue weighted by molar-refractivity contribution is -0.189. The highest BCUT2D eigenvalue weighted by Crippen LogP contribution is 2.32. The minimum atomic E-state index is -5.12. The Labute approximate surface area is 153 Å². The van der Waals surface area contributed by atoms with Crippen molar-refractivity contribution in [3.8, 4) is 23.3 Å². The van der Waals surface area contributed by atoms with Crippen molar-refractivity contribution in [3.05, 3.63) is 53.6 Å². The van der Waals surface area contributed by atoms with Gasteiger partial charge >= 0.3 is 12.1 Å². The standard InChI is InChI=1S/C19H14F3NO4/c1-25-15-6-4-3-5-14(15)13(11-23)9-12-7-8-16(17(10-12)26-2)27-18(24)19(20,21)22/h3-10H,1-2H3/b13-9-. The summed E-state index contributed by atoms with van der Waals surface area (Å²) in [6.07, 6.45) is -3.61. The number of halogens is 3. The van der Waals surface area contributed by atoms with Gasteiger partial charge in [0.15, 0.2) is 11.5 Å². The number of para-hydroxylation sites is 1. The number of nitrogens with zero attached hydrogens (tertiary/aromatic N) is 1. The van der Waals surface area contributed by atoms with E-state index in [1.54, 1.807) is 24.3 Å². The van der Waals surface area contributed by atoms with E-state index in [9.17, 15) is 23.2 Å². The normalized spacial score (nSPS) is 11.5. The average molecular weight is 377 g/mol. The fourth-order valence-electron chi connectivity index (χ4n) is 2.22. The molecule has 0 fully saturated rings. The van der Waals surface area contributed by atoms with Gasteiger partial charge in [-0.3, -0.25) is 0 Å². The summed E-state index contributed by atoms with van der Waals surface area (Å²) in [6, 6.07) is 12.8. The lowest BCUT2D eigenvalue weighted by Crippen LogP contribution is -2.28. The molecule has 8 heteroatoms. The molecule has 0 spiro atoms. The summed E-state index contributed by atoms with van der Waals surface area (Å²) >= 11 is 0. The Kier molecular flexibility index (Phi) is 6.08. The first-order valence-electron chi connectivity index (χ1n) is 7.52. The number of esters is 1. The molecule has 140 valence electrons. The third kappa shape index (κ3) is 4.79. The summed E-state index contributed by atoms with van der Waals surface area (Å²) in [5.74, 6) is -2.32. The van der Waals surface area contributed by atoms with Crippen LogP contribution >= 0.6 is 0 Å². The van der Waals surface area contributed by atoms with Crippen LogP contribution in [0.5, 0.6) is 17.2 Å². The summed E-state index contributed by atoms with van der Waals surface area (Å²) in [5.41, 5.74) is 1.28. The minimum absolute atomic E-state index is 0.0846. The highest BCUT2D eigenvalue weighted by Gasteiger charge is 2.41. The van der Waals surface area contributed by atoms with Crippen molar-refractivity contribution in [2.45, 2.75) is 6.18 Å². The highest BCUT2D eigenvalue weighted by atomic mass is 19.4. The first-order valence-corrected chi connectivity index (χ1v) is 7.52. The van der Waals surface area contributed by atoms with Gasteiger partial charge in [0.1, 0.15) is 5.75 Å². The molecule has 2 aromatic carbocycles. The van der Waals surface area contributed by atoms with Crippen LogP contribution in [0.3, 0.4) is 0 Å². The quantitative estimate of drug-likeness (QED) is 0.337. The van der Waals surface area contributed by atoms with E-state index in [0.717, 1.165) is 6.07 Å². The molecule has 0 N–H and O–H groups in total. The molecule has 0 aromatic heterocycles. The van der Waals surface area contributed by atoms with Crippen LogP contribution in [0.15, 0.2) is 42.5 Å². The first-order chi connectivity index (χ1) is 12.8. The van der Waals surface area contributed by atoms with Crippen LogP contribution in [0.2, 0.25) is 0 Å². The molecule has 0 aliphatic carbocycles. The molecule has 2 rings (SSSR count). The van der Waals surface area contributed by atoms with Crippen LogP contribution in [0.25, 0.3) is 11.6 Å². The monoisotopic (exact) mass is 377 g/mol. The SMILES string of the molecule is COc1cc(/C=C(/C#N)c2ccccc2OC)ccc1OC(=O)C(F)(F)F. The van der Waals surface area contributed by atoms with E-state index in [1.807, 2.05) is 0 Å². The summed E-state index contributed by atoms with van der Waals surface area (Å²) in [4.78, 5) is 11.0. The summed E-state index contributed by atoms with van der Waals surface area (Å²) in [5, 5.41) is 9.45. The van der Waals surface area contributed by atoms with Crippen molar-refractivity contribution < 1.29 is 32.2 Å². The van der Waals surface area contributed by atoms with Crippen LogP contribution in [-0.2, 0) is 4.79 Å². The van der Waals surface area contributed by atoms with E-state index in [-0.39, 0.29) is 17.1 Å². The Morgan fingerprint density at radius 2 is 1.70 bits per heavy atom. The van der Waals surface area contributed by atoms with Crippen molar-refractivity contribution in [2.75, 3.05) is 14.2 Å². The molecule has 0 unspecified atom stereocenters. The summed E-state index contributed by atoms with van der Waals surface area (Å²) in [6.45, 7) is 0. The number of hydrogen-bond acceptors (Lipinski definition) is 5. The number of carbonyl (C=O) groups is 1. The van der Waals surface area contributed by atoms with Gasteiger partial charge in [0.2, 0.25) is 0 Å². The Morgan fingerprint density at radius 3 is 2.30 bits per heavy atom. The number of rotatable bonds is 5. The number of allylic oxidation sites excluding steroid dienone is 1. The second-order valence-electron chi connectivity index (χ2n) is 5.17. The molecular formula is C19H14F3NO4. The molecule has 0 saturated heterocycles. The van der Waals surface area contributed by atoms with Crippen LogP contribution in [0.1, 0.15) is 11.1 Å². The van der Waals surface area contributed by atoms with Gasteiger partial charge in [-0.05, 0) is 35.9 Å². The first kappa shape index (κ1) is 19.8. The van der Waals surface area contributed by atoms with Crippen molar-refractivity contribution >= 4 is 17.6 Å². The summed E-state index contributed by atoms with van der Waals surface area (Å²) in [7, 11) is 2.69. The second kappa shape index (κ2) is 8.27. The average Bonchev–Trinajstić information content (AvgIpc) is 2.66. The Bertz CT molecular complexity index is 914. The number of hydrogen-bond donors (Lipinski definition) is 0. The number of methoxy groups -OCH3 is 2. The fourth-order valence-corrected chi connectivity index (χ4v) is 2.22. The largest absolute Gasteiger partial charge is 0.496 e. The second-order valence-corrected chi connectivity index (χ2v) is 5.17. The maximum absolute atomic E-state index is 12.4. The van der Waals surface area contributed by atoms with E-state index >= 15 is 0 Å². The Hall–Kier alpha value is -3.47. The minimum Gasteiger partial charge on any atom is -0.496 e. The molecule has 0 aliphatic rings. The van der Waals surface area contributed by atoms with Gasteiger partial charge in [-0.15, -0.1) is 0 Å². The predicted octanol–water partition coefficient (Wildman–Crippen LogP) is 4.24. The molecule has 2 aromatic rings. The number of alkyl halides is 3. The van der Waals surface area contributed by atoms with E-state index < -0.39 is 12.1 Å². The number of benzene rings is 2. The maximum atomic E-state index is 12.4. The molecule has 0 saturated carbocycles. The molecule has 0 bridgehead atoms. The number of nitriles is 1. The van der Waals surface area contributed by atoms with Crippen LogP contribution in [0.4, 0.5) is 13.2 Å². The van der Waals surface area contributed by atoms with Crippen LogP contribution < -0.4 is 14.2 Å². The van der Waals surface area contributed by atoms with Gasteiger partial charge in [-0.25, -0.2) is 4.79 Å². The molecule has 5 nitrogen and oxygen atoms in total. The maximum Gasteiger partial charge on any atom is 0.491 e. The van der Waals surface area contributed by atoms with Crippen molar-refractivity contribution in [2.24, 2.45) is 0 Å². The van der Waals surface area contributed by atoms with Gasteiger partial charge in [0.05, 0.1) is 25.9 Å². The van der Waals surface area contributed by atoms with E-state index in [0.29, 0.717) is 16.9 Å². The van der Waals surface area contributed by atoms with Crippen molar-refractivity contribution in [3.63, 3.8) is 0 Å². The third-order valence-corrected chi connectivity index (χ3v) is 3.45. The van der Waals surface area contributed by atoms with Crippen molar-refractivity contribution in [1.82, 2.24) is 0 Å². The topological polar surface area (TPSA) is 68.6 Å². The van der Waals surface area contributed by atoms with Gasteiger partial charge < -0.3 is 14.2 Å². The highest BCUT2D eigenvalue weighted by molar-refractivity contribution is 5.92. The molecule has 0 atom stereocenters. The predicted molar refractivity (Wildman–Crippen MR) is 91.2 cm³/mol. The van der Waals surface area contributed by atoms with Gasteiger partial charge in [-0.1, -0.05) is 18.2 Å². The smallest absolute Gasteiger partial charge is 0.491 e.